The van der Waals surface area contributed by atoms with Crippen molar-refractivity contribution in [2.24, 2.45) is 0 Å². The second-order valence-corrected chi connectivity index (χ2v) is 4.53. The largest absolute Gasteiger partial charge is 0.478 e. The van der Waals surface area contributed by atoms with Crippen molar-refractivity contribution < 1.29 is 29.1 Å². The number of carboxylic acids is 1. The van der Waals surface area contributed by atoms with Crippen molar-refractivity contribution in [2.45, 2.75) is 0 Å². The molecule has 0 bridgehead atoms. The van der Waals surface area contributed by atoms with Crippen LogP contribution in [0.4, 0.5) is 15.3 Å². The molecule has 0 saturated carbocycles. The van der Waals surface area contributed by atoms with Crippen LogP contribution in [-0.4, -0.2) is 48.0 Å². The zero-order valence-electron chi connectivity index (χ0n) is 11.7. The molecule has 23 heavy (non-hydrogen) atoms. The van der Waals surface area contributed by atoms with Crippen LogP contribution in [0.2, 0.25) is 0 Å². The fourth-order valence-electron chi connectivity index (χ4n) is 1.83. The summed E-state index contributed by atoms with van der Waals surface area (Å²) in [7, 11) is 0. The average molecular weight is 320 g/mol. The van der Waals surface area contributed by atoms with Gasteiger partial charge >= 0.3 is 18.0 Å². The summed E-state index contributed by atoms with van der Waals surface area (Å²) in [6, 6.07) is 4.93. The maximum Gasteiger partial charge on any atom is 0.335 e. The van der Waals surface area contributed by atoms with E-state index in [2.05, 4.69) is 10.6 Å². The van der Waals surface area contributed by atoms with Crippen LogP contribution in [0.25, 0.3) is 0 Å². The molecule has 3 rings (SSSR count). The van der Waals surface area contributed by atoms with Crippen LogP contribution in [0.5, 0.6) is 0 Å². The summed E-state index contributed by atoms with van der Waals surface area (Å²) in [5.74, 6) is -1.73. The number of amides is 6. The van der Waals surface area contributed by atoms with Crippen LogP contribution in [0, 0.1) is 0 Å². The Bertz CT molecular complexity index is 687. The lowest BCUT2D eigenvalue weighted by molar-refractivity contribution is -0.118. The molecule has 0 unspecified atom stereocenters. The summed E-state index contributed by atoms with van der Waals surface area (Å²) in [5, 5.41) is 15.2. The zero-order chi connectivity index (χ0) is 17.0. The molecule has 0 atom stereocenters. The molecule has 0 aliphatic carbocycles. The van der Waals surface area contributed by atoms with Gasteiger partial charge in [0.1, 0.15) is 6.54 Å². The molecule has 0 spiro atoms. The normalized spacial score (nSPS) is 16.3. The number of nitrogens with one attached hydrogen (secondary N) is 3. The first-order valence-corrected chi connectivity index (χ1v) is 6.39. The molecule has 10 heteroatoms. The SMILES string of the molecule is O=C1CN(c2cccc(C(=O)O)c2)C(=O)N1.O=C1CNC(=O)N1. The van der Waals surface area contributed by atoms with Gasteiger partial charge in [-0.3, -0.25) is 25.1 Å². The van der Waals surface area contributed by atoms with Crippen LogP contribution >= 0.6 is 0 Å². The summed E-state index contributed by atoms with van der Waals surface area (Å²) in [5.41, 5.74) is 0.466. The van der Waals surface area contributed by atoms with Crippen molar-refractivity contribution in [3.8, 4) is 0 Å². The molecule has 2 saturated heterocycles. The van der Waals surface area contributed by atoms with Crippen LogP contribution in [-0.2, 0) is 9.59 Å². The topological polar surface area (TPSA) is 145 Å². The third-order valence-electron chi connectivity index (χ3n) is 2.86. The quantitative estimate of drug-likeness (QED) is 0.528. The number of carbonyl (C=O) groups excluding carboxylic acids is 4. The van der Waals surface area contributed by atoms with Gasteiger partial charge in [0.05, 0.1) is 12.1 Å². The Balaban J connectivity index is 0.000000229. The first-order chi connectivity index (χ1) is 10.9. The van der Waals surface area contributed by atoms with Gasteiger partial charge in [-0.1, -0.05) is 6.07 Å². The van der Waals surface area contributed by atoms with E-state index < -0.39 is 23.9 Å². The number of hydrogen-bond donors (Lipinski definition) is 4. The highest BCUT2D eigenvalue weighted by atomic mass is 16.4. The fraction of sp³-hybridized carbons (Fsp3) is 0.154. The Labute approximate surface area is 129 Å². The van der Waals surface area contributed by atoms with Gasteiger partial charge in [-0.25, -0.2) is 14.4 Å². The van der Waals surface area contributed by atoms with Gasteiger partial charge in [0, 0.05) is 5.69 Å². The van der Waals surface area contributed by atoms with E-state index in [4.69, 9.17) is 5.11 Å². The molecule has 2 aliphatic rings. The summed E-state index contributed by atoms with van der Waals surface area (Å²) in [4.78, 5) is 54.3. The Hall–Kier alpha value is -3.43. The molecule has 2 heterocycles. The predicted molar refractivity (Wildman–Crippen MR) is 75.8 cm³/mol. The Morgan fingerprint density at radius 3 is 2.26 bits per heavy atom. The number of imide groups is 2. The molecule has 0 radical (unpaired) electrons. The van der Waals surface area contributed by atoms with Crippen LogP contribution in [0.15, 0.2) is 24.3 Å². The number of aromatic carboxylic acids is 1. The van der Waals surface area contributed by atoms with Crippen molar-refractivity contribution >= 4 is 35.5 Å². The molecule has 0 aromatic heterocycles. The Morgan fingerprint density at radius 1 is 1.09 bits per heavy atom. The van der Waals surface area contributed by atoms with Crippen molar-refractivity contribution in [3.05, 3.63) is 29.8 Å². The van der Waals surface area contributed by atoms with E-state index in [9.17, 15) is 24.0 Å². The molecule has 2 aliphatic heterocycles. The van der Waals surface area contributed by atoms with Crippen molar-refractivity contribution in [2.75, 3.05) is 18.0 Å². The molecule has 120 valence electrons. The molecule has 1 aromatic rings. The smallest absolute Gasteiger partial charge is 0.335 e. The molecule has 6 amide bonds. The van der Waals surface area contributed by atoms with Gasteiger partial charge in [-0.15, -0.1) is 0 Å². The van der Waals surface area contributed by atoms with Crippen molar-refractivity contribution in [1.82, 2.24) is 16.0 Å². The van der Waals surface area contributed by atoms with E-state index >= 15 is 0 Å². The number of hydrogen-bond acceptors (Lipinski definition) is 5. The monoisotopic (exact) mass is 320 g/mol. The summed E-state index contributed by atoms with van der Waals surface area (Å²) in [6.07, 6.45) is 0. The first-order valence-electron chi connectivity index (χ1n) is 6.39. The number of urea groups is 2. The highest BCUT2D eigenvalue weighted by Crippen LogP contribution is 2.18. The number of nitrogens with zero attached hydrogens (tertiary/aromatic N) is 1. The highest BCUT2D eigenvalue weighted by Gasteiger charge is 2.28. The fourth-order valence-corrected chi connectivity index (χ4v) is 1.83. The second kappa shape index (κ2) is 6.56. The third-order valence-corrected chi connectivity index (χ3v) is 2.86. The van der Waals surface area contributed by atoms with Gasteiger partial charge in [0.2, 0.25) is 11.8 Å². The van der Waals surface area contributed by atoms with E-state index in [1.165, 1.54) is 23.1 Å². The number of benzene rings is 1. The maximum atomic E-state index is 11.3. The minimum Gasteiger partial charge on any atom is -0.478 e. The lowest BCUT2D eigenvalue weighted by Gasteiger charge is -2.13. The summed E-state index contributed by atoms with van der Waals surface area (Å²) < 4.78 is 0. The van der Waals surface area contributed by atoms with Gasteiger partial charge < -0.3 is 10.4 Å². The Morgan fingerprint density at radius 2 is 1.83 bits per heavy atom. The van der Waals surface area contributed by atoms with Crippen LogP contribution in [0.1, 0.15) is 10.4 Å². The van der Waals surface area contributed by atoms with E-state index in [1.807, 2.05) is 5.32 Å². The third kappa shape index (κ3) is 4.03. The summed E-state index contributed by atoms with van der Waals surface area (Å²) >= 11 is 0. The van der Waals surface area contributed by atoms with E-state index in [-0.39, 0.29) is 24.6 Å². The van der Waals surface area contributed by atoms with Gasteiger partial charge in [-0.2, -0.15) is 0 Å². The van der Waals surface area contributed by atoms with E-state index in [0.29, 0.717) is 5.69 Å². The van der Waals surface area contributed by atoms with E-state index in [0.717, 1.165) is 0 Å². The molecule has 10 nitrogen and oxygen atoms in total. The molecular formula is C13H12N4O6. The second-order valence-electron chi connectivity index (χ2n) is 4.53. The van der Waals surface area contributed by atoms with Crippen molar-refractivity contribution in [1.29, 1.82) is 0 Å². The molecule has 2 fully saturated rings. The predicted octanol–water partition coefficient (Wildman–Crippen LogP) is -0.733. The first kappa shape index (κ1) is 15.9. The number of anilines is 1. The molecule has 4 N–H and O–H groups in total. The lowest BCUT2D eigenvalue weighted by atomic mass is 10.2. The molecule has 1 aromatic carbocycles. The van der Waals surface area contributed by atoms with Crippen LogP contribution < -0.4 is 20.9 Å². The number of rotatable bonds is 2. The van der Waals surface area contributed by atoms with Gasteiger partial charge in [0.15, 0.2) is 0 Å². The average Bonchev–Trinajstić information content (AvgIpc) is 3.04. The van der Waals surface area contributed by atoms with Crippen LogP contribution in [0.3, 0.4) is 0 Å². The Kier molecular flexibility index (Phi) is 4.55. The van der Waals surface area contributed by atoms with E-state index in [1.54, 1.807) is 6.07 Å². The minimum atomic E-state index is -1.08. The van der Waals surface area contributed by atoms with Crippen molar-refractivity contribution in [3.63, 3.8) is 0 Å². The number of carboxylic acid groups (broad SMARTS) is 1. The maximum absolute atomic E-state index is 11.3. The number of carbonyl (C=O) groups is 5. The van der Waals surface area contributed by atoms with Gasteiger partial charge in [0.25, 0.3) is 0 Å². The van der Waals surface area contributed by atoms with Gasteiger partial charge in [-0.05, 0) is 18.2 Å². The zero-order valence-corrected chi connectivity index (χ0v) is 11.7. The highest BCUT2D eigenvalue weighted by molar-refractivity contribution is 6.12. The summed E-state index contributed by atoms with van der Waals surface area (Å²) in [6.45, 7) is 0.0424. The standard InChI is InChI=1S/C10H8N2O4.C3H4N2O2/c13-8-5-12(10(16)11-8)7-3-1-2-6(4-7)9(14)15;6-2-1-4-3(7)5-2/h1-4H,5H2,(H,14,15)(H,11,13,16);1H2,(H2,4,5,6,7). The molecular weight excluding hydrogens is 308 g/mol. The minimum absolute atomic E-state index is 0.0737. The lowest BCUT2D eigenvalue weighted by Crippen LogP contribution is -2.27.